The molecule has 2 N–H and O–H groups in total. The van der Waals surface area contributed by atoms with Crippen LogP contribution >= 0.6 is 0 Å². The Morgan fingerprint density at radius 1 is 1.23 bits per heavy atom. The van der Waals surface area contributed by atoms with E-state index in [0.29, 0.717) is 38.0 Å². The van der Waals surface area contributed by atoms with Crippen molar-refractivity contribution < 1.29 is 23.6 Å². The average Bonchev–Trinajstić information content (AvgIpc) is 2.73. The van der Waals surface area contributed by atoms with Gasteiger partial charge in [-0.2, -0.15) is 4.31 Å². The first-order valence-electron chi connectivity index (χ1n) is 10.6. The van der Waals surface area contributed by atoms with Crippen LogP contribution in [-0.2, 0) is 10.0 Å². The van der Waals surface area contributed by atoms with Gasteiger partial charge in [-0.3, -0.25) is 10.1 Å². The Bertz CT molecular complexity index is 803. The Morgan fingerprint density at radius 2 is 1.83 bits per heavy atom. The summed E-state index contributed by atoms with van der Waals surface area (Å²) < 4.78 is 28.3. The SMILES string of the molecule is CCCN(CCC)c1ccc([N+](=O)[O-])cc1S(=O)(=O)N1CCC(CC(O)CO)CC1. The number of aliphatic hydroxyl groups excluding tert-OH is 2. The van der Waals surface area contributed by atoms with Crippen LogP contribution in [0.4, 0.5) is 11.4 Å². The molecule has 1 fully saturated rings. The van der Waals surface area contributed by atoms with E-state index in [4.69, 9.17) is 5.11 Å². The second-order valence-electron chi connectivity index (χ2n) is 7.82. The fourth-order valence-corrected chi connectivity index (χ4v) is 5.66. The minimum absolute atomic E-state index is 0.0209. The van der Waals surface area contributed by atoms with Gasteiger partial charge in [0.25, 0.3) is 5.69 Å². The van der Waals surface area contributed by atoms with Crippen molar-refractivity contribution in [3.8, 4) is 0 Å². The number of hydrogen-bond acceptors (Lipinski definition) is 7. The molecule has 1 heterocycles. The first-order chi connectivity index (χ1) is 14.2. The van der Waals surface area contributed by atoms with Gasteiger partial charge in [-0.1, -0.05) is 13.8 Å². The Labute approximate surface area is 178 Å². The normalized spacial score (nSPS) is 17.1. The second kappa shape index (κ2) is 11.0. The highest BCUT2D eigenvalue weighted by Crippen LogP contribution is 2.34. The van der Waals surface area contributed by atoms with Crippen molar-refractivity contribution in [3.05, 3.63) is 28.3 Å². The van der Waals surface area contributed by atoms with E-state index < -0.39 is 21.1 Å². The fourth-order valence-electron chi connectivity index (χ4n) is 3.96. The minimum atomic E-state index is -3.91. The molecule has 0 aromatic heterocycles. The van der Waals surface area contributed by atoms with Gasteiger partial charge in [0.2, 0.25) is 10.0 Å². The van der Waals surface area contributed by atoms with Crippen LogP contribution in [0.25, 0.3) is 0 Å². The van der Waals surface area contributed by atoms with Gasteiger partial charge in [-0.25, -0.2) is 8.42 Å². The highest BCUT2D eigenvalue weighted by Gasteiger charge is 2.33. The molecule has 10 heteroatoms. The van der Waals surface area contributed by atoms with Crippen molar-refractivity contribution in [1.29, 1.82) is 0 Å². The largest absolute Gasteiger partial charge is 0.394 e. The molecular weight excluding hydrogens is 410 g/mol. The second-order valence-corrected chi connectivity index (χ2v) is 9.72. The van der Waals surface area contributed by atoms with E-state index in [9.17, 15) is 23.6 Å². The smallest absolute Gasteiger partial charge is 0.270 e. The quantitative estimate of drug-likeness (QED) is 0.397. The molecule has 170 valence electrons. The van der Waals surface area contributed by atoms with E-state index in [1.807, 2.05) is 18.7 Å². The summed E-state index contributed by atoms with van der Waals surface area (Å²) >= 11 is 0. The summed E-state index contributed by atoms with van der Waals surface area (Å²) in [6.07, 6.45) is 2.46. The molecule has 1 unspecified atom stereocenters. The predicted octanol–water partition coefficient (Wildman–Crippen LogP) is 2.37. The fraction of sp³-hybridized carbons (Fsp3) is 0.700. The van der Waals surface area contributed by atoms with E-state index in [2.05, 4.69) is 0 Å². The molecular formula is C20H33N3O6S. The number of benzene rings is 1. The number of sulfonamides is 1. The molecule has 1 aliphatic heterocycles. The van der Waals surface area contributed by atoms with Crippen LogP contribution in [0, 0.1) is 16.0 Å². The van der Waals surface area contributed by atoms with E-state index in [1.165, 1.54) is 16.4 Å². The zero-order valence-electron chi connectivity index (χ0n) is 17.7. The van der Waals surface area contributed by atoms with Gasteiger partial charge >= 0.3 is 0 Å². The molecule has 2 rings (SSSR count). The Balaban J connectivity index is 2.34. The number of rotatable bonds is 11. The summed E-state index contributed by atoms with van der Waals surface area (Å²) in [6.45, 7) is 5.61. The van der Waals surface area contributed by atoms with Gasteiger partial charge in [-0.15, -0.1) is 0 Å². The Kier molecular flexibility index (Phi) is 9.02. The molecule has 1 aliphatic rings. The van der Waals surface area contributed by atoms with E-state index in [0.717, 1.165) is 12.8 Å². The first kappa shape index (κ1) is 24.5. The molecule has 1 aromatic carbocycles. The van der Waals surface area contributed by atoms with Crippen LogP contribution in [0.1, 0.15) is 46.0 Å². The summed E-state index contributed by atoms with van der Waals surface area (Å²) in [4.78, 5) is 12.7. The van der Waals surface area contributed by atoms with Crippen LogP contribution < -0.4 is 4.90 Å². The summed E-state index contributed by atoms with van der Waals surface area (Å²) in [5, 5.41) is 30.0. The lowest BCUT2D eigenvalue weighted by Gasteiger charge is -2.33. The van der Waals surface area contributed by atoms with E-state index in [-0.39, 0.29) is 36.2 Å². The van der Waals surface area contributed by atoms with Crippen molar-refractivity contribution in [3.63, 3.8) is 0 Å². The van der Waals surface area contributed by atoms with Gasteiger partial charge in [0, 0.05) is 38.3 Å². The molecule has 0 bridgehead atoms. The third kappa shape index (κ3) is 5.90. The van der Waals surface area contributed by atoms with Crippen molar-refractivity contribution in [2.24, 2.45) is 5.92 Å². The Hall–Kier alpha value is -1.75. The highest BCUT2D eigenvalue weighted by molar-refractivity contribution is 7.89. The van der Waals surface area contributed by atoms with Crippen LogP contribution in [0.2, 0.25) is 0 Å². The van der Waals surface area contributed by atoms with Gasteiger partial charge in [0.15, 0.2) is 0 Å². The van der Waals surface area contributed by atoms with E-state index >= 15 is 0 Å². The average molecular weight is 444 g/mol. The maximum Gasteiger partial charge on any atom is 0.270 e. The molecule has 1 aromatic rings. The maximum atomic E-state index is 13.5. The van der Waals surface area contributed by atoms with Crippen molar-refractivity contribution >= 4 is 21.4 Å². The number of nitrogens with zero attached hydrogens (tertiary/aromatic N) is 3. The third-order valence-corrected chi connectivity index (χ3v) is 7.42. The van der Waals surface area contributed by atoms with Crippen LogP contribution in [-0.4, -0.2) is 66.7 Å². The van der Waals surface area contributed by atoms with Crippen LogP contribution in [0.15, 0.2) is 23.1 Å². The third-order valence-electron chi connectivity index (χ3n) is 5.49. The summed E-state index contributed by atoms with van der Waals surface area (Å²) in [5.41, 5.74) is 0.258. The number of non-ortho nitro benzene ring substituents is 1. The topological polar surface area (TPSA) is 124 Å². The molecule has 0 amide bonds. The first-order valence-corrected chi connectivity index (χ1v) is 12.0. The van der Waals surface area contributed by atoms with Crippen LogP contribution in [0.5, 0.6) is 0 Å². The number of anilines is 1. The number of piperidine rings is 1. The van der Waals surface area contributed by atoms with E-state index in [1.54, 1.807) is 6.07 Å². The lowest BCUT2D eigenvalue weighted by atomic mass is 9.92. The lowest BCUT2D eigenvalue weighted by Crippen LogP contribution is -2.40. The maximum absolute atomic E-state index is 13.5. The van der Waals surface area contributed by atoms with Crippen molar-refractivity contribution in [1.82, 2.24) is 4.31 Å². The number of aliphatic hydroxyl groups is 2. The van der Waals surface area contributed by atoms with Gasteiger partial charge in [0.05, 0.1) is 23.3 Å². The molecule has 30 heavy (non-hydrogen) atoms. The highest BCUT2D eigenvalue weighted by atomic mass is 32.2. The number of nitro groups is 1. The summed E-state index contributed by atoms with van der Waals surface area (Å²) in [7, 11) is -3.91. The molecule has 9 nitrogen and oxygen atoms in total. The van der Waals surface area contributed by atoms with Gasteiger partial charge in [0.1, 0.15) is 4.90 Å². The summed E-state index contributed by atoms with van der Waals surface area (Å²) in [6, 6.07) is 4.07. The molecule has 0 spiro atoms. The molecule has 1 atom stereocenters. The molecule has 1 saturated heterocycles. The van der Waals surface area contributed by atoms with Crippen molar-refractivity contribution in [2.45, 2.75) is 57.0 Å². The summed E-state index contributed by atoms with van der Waals surface area (Å²) in [5.74, 6) is 0.139. The zero-order valence-corrected chi connectivity index (χ0v) is 18.6. The molecule has 0 saturated carbocycles. The number of hydrogen-bond donors (Lipinski definition) is 2. The van der Waals surface area contributed by atoms with Crippen LogP contribution in [0.3, 0.4) is 0 Å². The Morgan fingerprint density at radius 3 is 2.33 bits per heavy atom. The monoisotopic (exact) mass is 443 g/mol. The molecule has 0 aliphatic carbocycles. The van der Waals surface area contributed by atoms with Gasteiger partial charge < -0.3 is 15.1 Å². The standard InChI is InChI=1S/C20H33N3O6S/c1-3-9-21(10-4-2)19-6-5-17(23(26)27)14-20(19)30(28,29)22-11-7-16(8-12-22)13-18(25)15-24/h5-6,14,16,18,24-25H,3-4,7-13,15H2,1-2H3. The zero-order chi connectivity index (χ0) is 22.3. The number of nitro benzene ring substituents is 1. The van der Waals surface area contributed by atoms with Crippen molar-refractivity contribution in [2.75, 3.05) is 37.7 Å². The lowest BCUT2D eigenvalue weighted by molar-refractivity contribution is -0.385. The minimum Gasteiger partial charge on any atom is -0.394 e. The van der Waals surface area contributed by atoms with Gasteiger partial charge in [-0.05, 0) is 44.1 Å². The predicted molar refractivity (Wildman–Crippen MR) is 115 cm³/mol. The molecule has 0 radical (unpaired) electrons.